The van der Waals surface area contributed by atoms with Crippen molar-refractivity contribution in [1.29, 1.82) is 0 Å². The molecule has 0 saturated heterocycles. The molecule has 0 bridgehead atoms. The van der Waals surface area contributed by atoms with Crippen LogP contribution in [0.3, 0.4) is 0 Å². The number of carbonyl (C=O) groups excluding carboxylic acids is 1. The van der Waals surface area contributed by atoms with E-state index in [-0.39, 0.29) is 22.7 Å². The van der Waals surface area contributed by atoms with Gasteiger partial charge in [-0.25, -0.2) is 0 Å². The first-order valence-corrected chi connectivity index (χ1v) is 14.0. The van der Waals surface area contributed by atoms with E-state index in [0.29, 0.717) is 0 Å². The van der Waals surface area contributed by atoms with Gasteiger partial charge >= 0.3 is 0 Å². The fourth-order valence-corrected chi connectivity index (χ4v) is 6.80. The molecule has 4 nitrogen and oxygen atoms in total. The van der Waals surface area contributed by atoms with E-state index in [4.69, 9.17) is 0 Å². The minimum Gasteiger partial charge on any atom is -0.871 e. The zero-order valence-corrected chi connectivity index (χ0v) is 23.4. The summed E-state index contributed by atoms with van der Waals surface area (Å²) in [5.41, 5.74) is 8.16. The fourth-order valence-electron chi connectivity index (χ4n) is 6.80. The Balaban J connectivity index is 1.40. The van der Waals surface area contributed by atoms with Gasteiger partial charge in [-0.3, -0.25) is 4.79 Å². The van der Waals surface area contributed by atoms with Gasteiger partial charge in [0.05, 0.1) is 11.1 Å². The van der Waals surface area contributed by atoms with Crippen molar-refractivity contribution in [2.24, 2.45) is 7.05 Å². The van der Waals surface area contributed by atoms with Gasteiger partial charge in [-0.2, -0.15) is 4.58 Å². The average Bonchev–Trinajstić information content (AvgIpc) is 3.40. The van der Waals surface area contributed by atoms with Crippen LogP contribution in [0.25, 0.3) is 27.7 Å². The summed E-state index contributed by atoms with van der Waals surface area (Å²) in [5.74, 6) is -0.384. The molecule has 5 aromatic rings. The number of hydrogen-bond acceptors (Lipinski definition) is 2. The predicted octanol–water partition coefficient (Wildman–Crippen LogP) is 6.35. The van der Waals surface area contributed by atoms with Crippen molar-refractivity contribution >= 4 is 33.7 Å². The standard InChI is InChI=1S/C37H30N2O2/c1-37(23-24-14-6-4-7-15-24)28-19-11-13-21-30(28)38(2)31(37)22-27-35(40)33(36(27)41)32-26-18-10-12-20-29(26)39(3)34(32)25-16-8-5-9-17-25/h4-22H,23H2,1-3H3. The molecule has 0 radical (unpaired) electrons. The van der Waals surface area contributed by atoms with E-state index in [9.17, 15) is 9.90 Å². The van der Waals surface area contributed by atoms with Gasteiger partial charge in [0.2, 0.25) is 5.69 Å². The highest BCUT2D eigenvalue weighted by atomic mass is 16.3. The molecule has 1 aliphatic heterocycles. The summed E-state index contributed by atoms with van der Waals surface area (Å²) in [6.45, 7) is 2.21. The number of benzene rings is 4. The minimum atomic E-state index is -0.398. The van der Waals surface area contributed by atoms with Gasteiger partial charge in [0, 0.05) is 52.4 Å². The van der Waals surface area contributed by atoms with Crippen LogP contribution >= 0.6 is 0 Å². The summed E-state index contributed by atoms with van der Waals surface area (Å²) in [6.07, 6.45) is 2.61. The first-order chi connectivity index (χ1) is 19.9. The smallest absolute Gasteiger partial charge is 0.209 e. The molecule has 0 fully saturated rings. The van der Waals surface area contributed by atoms with Crippen molar-refractivity contribution < 1.29 is 14.5 Å². The van der Waals surface area contributed by atoms with Crippen LogP contribution in [-0.4, -0.2) is 27.7 Å². The molecule has 0 amide bonds. The Morgan fingerprint density at radius 1 is 0.854 bits per heavy atom. The molecule has 2 heterocycles. The van der Waals surface area contributed by atoms with E-state index in [1.165, 1.54) is 11.1 Å². The van der Waals surface area contributed by atoms with Crippen molar-refractivity contribution in [2.45, 2.75) is 18.8 Å². The Labute approximate surface area is 239 Å². The average molecular weight is 535 g/mol. The van der Waals surface area contributed by atoms with Crippen LogP contribution in [0.15, 0.2) is 127 Å². The quantitative estimate of drug-likeness (QED) is 0.195. The Kier molecular flexibility index (Phi) is 5.69. The van der Waals surface area contributed by atoms with E-state index in [1.54, 1.807) is 0 Å². The second-order valence-electron chi connectivity index (χ2n) is 11.2. The minimum absolute atomic E-state index is 0.192. The number of hydrogen-bond donors (Lipinski definition) is 0. The SMILES string of the molecule is Cn1c(-c2ccccc2)c(C2=C([O-])/C(=C\C3=[N+](C)c4ccccc4C3(C)Cc3ccccc3)C2=O)c2ccccc21. The summed E-state index contributed by atoms with van der Waals surface area (Å²) >= 11 is 0. The maximum Gasteiger partial charge on any atom is 0.209 e. The summed E-state index contributed by atoms with van der Waals surface area (Å²) in [4.78, 5) is 14.0. The van der Waals surface area contributed by atoms with E-state index >= 15 is 0 Å². The van der Waals surface area contributed by atoms with E-state index in [2.05, 4.69) is 58.5 Å². The van der Waals surface area contributed by atoms with Gasteiger partial charge in [0.1, 0.15) is 7.05 Å². The molecule has 0 spiro atoms. The highest BCUT2D eigenvalue weighted by Crippen LogP contribution is 2.46. The van der Waals surface area contributed by atoms with Crippen molar-refractivity contribution in [3.05, 3.63) is 143 Å². The monoisotopic (exact) mass is 534 g/mol. The zero-order chi connectivity index (χ0) is 28.3. The third kappa shape index (κ3) is 3.67. The largest absolute Gasteiger partial charge is 0.871 e. The molecule has 200 valence electrons. The predicted molar refractivity (Wildman–Crippen MR) is 163 cm³/mol. The first kappa shape index (κ1) is 25.0. The lowest BCUT2D eigenvalue weighted by atomic mass is 9.72. The van der Waals surface area contributed by atoms with Crippen molar-refractivity contribution in [3.8, 4) is 11.3 Å². The van der Waals surface area contributed by atoms with Crippen LogP contribution in [0.1, 0.15) is 23.6 Å². The van der Waals surface area contributed by atoms with Gasteiger partial charge in [0.15, 0.2) is 11.5 Å². The van der Waals surface area contributed by atoms with Gasteiger partial charge in [0.25, 0.3) is 0 Å². The number of nitrogens with zero attached hydrogens (tertiary/aromatic N) is 2. The van der Waals surface area contributed by atoms with Crippen LogP contribution in [0.5, 0.6) is 0 Å². The third-order valence-corrected chi connectivity index (χ3v) is 8.82. The van der Waals surface area contributed by atoms with Crippen LogP contribution in [0, 0.1) is 0 Å². The molecular formula is C37H30N2O2. The van der Waals surface area contributed by atoms with Gasteiger partial charge in [-0.05, 0) is 30.5 Å². The van der Waals surface area contributed by atoms with Crippen molar-refractivity contribution in [2.75, 3.05) is 7.05 Å². The summed E-state index contributed by atoms with van der Waals surface area (Å²) in [7, 11) is 4.02. The molecule has 7 rings (SSSR count). The van der Waals surface area contributed by atoms with Crippen molar-refractivity contribution in [3.63, 3.8) is 0 Å². The van der Waals surface area contributed by atoms with Crippen LogP contribution in [0.4, 0.5) is 5.69 Å². The van der Waals surface area contributed by atoms with E-state index in [0.717, 1.165) is 45.5 Å². The Bertz CT molecular complexity index is 1960. The summed E-state index contributed by atoms with van der Waals surface area (Å²) < 4.78 is 4.22. The molecule has 41 heavy (non-hydrogen) atoms. The fraction of sp³-hybridized carbons (Fsp3) is 0.135. The van der Waals surface area contributed by atoms with Crippen molar-refractivity contribution in [1.82, 2.24) is 4.57 Å². The Morgan fingerprint density at radius 2 is 1.49 bits per heavy atom. The van der Waals surface area contributed by atoms with Crippen LogP contribution in [0.2, 0.25) is 0 Å². The molecule has 4 aromatic carbocycles. The van der Waals surface area contributed by atoms with E-state index < -0.39 is 5.41 Å². The zero-order valence-electron chi connectivity index (χ0n) is 23.4. The number of aryl methyl sites for hydroxylation is 1. The maximum absolute atomic E-state index is 14.0. The lowest BCUT2D eigenvalue weighted by Crippen LogP contribution is -2.36. The number of fused-ring (bicyclic) bond motifs is 2. The van der Waals surface area contributed by atoms with E-state index in [1.807, 2.05) is 86.9 Å². The molecule has 0 N–H and O–H groups in total. The molecule has 1 aliphatic carbocycles. The lowest BCUT2D eigenvalue weighted by Gasteiger charge is -2.32. The van der Waals surface area contributed by atoms with Crippen LogP contribution in [-0.2, 0) is 23.7 Å². The number of para-hydroxylation sites is 2. The molecule has 1 unspecified atom stereocenters. The number of carbonyl (C=O) groups is 1. The second kappa shape index (κ2) is 9.31. The third-order valence-electron chi connectivity index (χ3n) is 8.82. The highest BCUT2D eigenvalue weighted by Gasteiger charge is 2.47. The van der Waals surface area contributed by atoms with Crippen LogP contribution < -0.4 is 5.11 Å². The summed E-state index contributed by atoms with van der Waals surface area (Å²) in [5, 5.41) is 14.9. The molecule has 2 aliphatic rings. The Morgan fingerprint density at radius 3 is 2.22 bits per heavy atom. The van der Waals surface area contributed by atoms with Gasteiger partial charge < -0.3 is 9.67 Å². The Hall–Kier alpha value is -4.96. The highest BCUT2D eigenvalue weighted by molar-refractivity contribution is 6.42. The first-order valence-electron chi connectivity index (χ1n) is 14.0. The molecule has 4 heteroatoms. The molecular weight excluding hydrogens is 504 g/mol. The summed E-state index contributed by atoms with van der Waals surface area (Å²) in [6, 6.07) is 36.7. The van der Waals surface area contributed by atoms with Gasteiger partial charge in [-0.15, -0.1) is 0 Å². The number of aromatic nitrogens is 1. The number of Topliss-reactive ketones (excluding diaryl/α,β-unsaturated/α-hetero) is 1. The molecule has 1 atom stereocenters. The topological polar surface area (TPSA) is 48.1 Å². The number of allylic oxidation sites excluding steroid dienone is 3. The number of ketones is 1. The van der Waals surface area contributed by atoms with Gasteiger partial charge in [-0.1, -0.05) is 103 Å². The molecule has 1 aromatic heterocycles. The number of rotatable bonds is 5. The second-order valence-corrected chi connectivity index (χ2v) is 11.2. The lowest BCUT2D eigenvalue weighted by molar-refractivity contribution is -0.401. The molecule has 0 saturated carbocycles. The normalized spacial score (nSPS) is 19.3. The maximum atomic E-state index is 14.0.